The number of carbonyl (C=O) groups excluding carboxylic acids is 1. The van der Waals surface area contributed by atoms with Crippen LogP contribution < -0.4 is 5.32 Å². The number of ether oxygens (including phenoxy) is 3. The summed E-state index contributed by atoms with van der Waals surface area (Å²) < 4.78 is 16.5. The standard InChI is InChI=1S/C17H31NO5/c1-5-22-17-13(7-6-9-19)14(12(2)3)11-15(23-17)16(20)18-8-10-21-4/h11-14,17,19H,5-10H2,1-4H3,(H,18,20)/t13-,14-,17-/m1/s1. The van der Waals surface area contributed by atoms with Gasteiger partial charge >= 0.3 is 0 Å². The highest BCUT2D eigenvalue weighted by Crippen LogP contribution is 2.36. The number of hydrogen-bond donors (Lipinski definition) is 2. The van der Waals surface area contributed by atoms with Gasteiger partial charge in [0.2, 0.25) is 6.29 Å². The largest absolute Gasteiger partial charge is 0.459 e. The fourth-order valence-corrected chi connectivity index (χ4v) is 2.88. The second kappa shape index (κ2) is 10.6. The van der Waals surface area contributed by atoms with E-state index in [9.17, 15) is 4.79 Å². The molecular weight excluding hydrogens is 298 g/mol. The van der Waals surface area contributed by atoms with Crippen molar-refractivity contribution in [1.82, 2.24) is 5.32 Å². The number of nitrogens with one attached hydrogen (secondary N) is 1. The first-order valence-corrected chi connectivity index (χ1v) is 8.43. The summed E-state index contributed by atoms with van der Waals surface area (Å²) >= 11 is 0. The van der Waals surface area contributed by atoms with Gasteiger partial charge in [0.05, 0.1) is 6.61 Å². The quantitative estimate of drug-likeness (QED) is 0.596. The lowest BCUT2D eigenvalue weighted by Gasteiger charge is -2.38. The van der Waals surface area contributed by atoms with Gasteiger partial charge in [-0.05, 0) is 37.7 Å². The predicted molar refractivity (Wildman–Crippen MR) is 87.6 cm³/mol. The molecule has 1 heterocycles. The molecule has 0 radical (unpaired) electrons. The molecule has 0 spiro atoms. The van der Waals surface area contributed by atoms with Crippen LogP contribution in [0.3, 0.4) is 0 Å². The molecule has 2 N–H and O–H groups in total. The lowest BCUT2D eigenvalue weighted by Crippen LogP contribution is -2.41. The van der Waals surface area contributed by atoms with Crippen molar-refractivity contribution in [2.45, 2.75) is 39.9 Å². The zero-order valence-electron chi connectivity index (χ0n) is 14.7. The average molecular weight is 329 g/mol. The number of hydrogen-bond acceptors (Lipinski definition) is 5. The monoisotopic (exact) mass is 329 g/mol. The third-order valence-corrected chi connectivity index (χ3v) is 4.04. The smallest absolute Gasteiger partial charge is 0.286 e. The summed E-state index contributed by atoms with van der Waals surface area (Å²) in [5, 5.41) is 11.9. The van der Waals surface area contributed by atoms with Crippen molar-refractivity contribution in [3.63, 3.8) is 0 Å². The van der Waals surface area contributed by atoms with Crippen molar-refractivity contribution in [2.24, 2.45) is 17.8 Å². The minimum Gasteiger partial charge on any atom is -0.459 e. The van der Waals surface area contributed by atoms with Gasteiger partial charge in [-0.1, -0.05) is 13.8 Å². The van der Waals surface area contributed by atoms with E-state index < -0.39 is 6.29 Å². The van der Waals surface area contributed by atoms with Gasteiger partial charge in [-0.3, -0.25) is 4.79 Å². The highest BCUT2D eigenvalue weighted by atomic mass is 16.7. The van der Waals surface area contributed by atoms with Gasteiger partial charge in [-0.15, -0.1) is 0 Å². The molecule has 0 saturated carbocycles. The molecule has 0 saturated heterocycles. The Hall–Kier alpha value is -1.11. The summed E-state index contributed by atoms with van der Waals surface area (Å²) in [4.78, 5) is 12.3. The Balaban J connectivity index is 2.88. The number of allylic oxidation sites excluding steroid dienone is 1. The van der Waals surface area contributed by atoms with Crippen LogP contribution >= 0.6 is 0 Å². The molecule has 0 aromatic rings. The van der Waals surface area contributed by atoms with E-state index in [4.69, 9.17) is 19.3 Å². The summed E-state index contributed by atoms with van der Waals surface area (Å²) in [6.07, 6.45) is 2.96. The zero-order valence-corrected chi connectivity index (χ0v) is 14.7. The zero-order chi connectivity index (χ0) is 17.2. The summed E-state index contributed by atoms with van der Waals surface area (Å²) in [5.74, 6) is 0.747. The number of amides is 1. The van der Waals surface area contributed by atoms with E-state index in [1.54, 1.807) is 7.11 Å². The lowest BCUT2D eigenvalue weighted by molar-refractivity contribution is -0.175. The van der Waals surface area contributed by atoms with Crippen molar-refractivity contribution in [2.75, 3.05) is 33.5 Å². The molecule has 1 aliphatic heterocycles. The van der Waals surface area contributed by atoms with Crippen LogP contribution in [0.2, 0.25) is 0 Å². The van der Waals surface area contributed by atoms with Crippen LogP contribution in [-0.2, 0) is 19.0 Å². The van der Waals surface area contributed by atoms with E-state index in [1.807, 2.05) is 13.0 Å². The topological polar surface area (TPSA) is 77.0 Å². The highest BCUT2D eigenvalue weighted by molar-refractivity contribution is 5.91. The fraction of sp³-hybridized carbons (Fsp3) is 0.824. The molecule has 0 aliphatic carbocycles. The maximum Gasteiger partial charge on any atom is 0.286 e. The number of methoxy groups -OCH3 is 1. The van der Waals surface area contributed by atoms with E-state index in [-0.39, 0.29) is 24.3 Å². The summed E-state index contributed by atoms with van der Waals surface area (Å²) in [6.45, 7) is 7.73. The Morgan fingerprint density at radius 1 is 1.48 bits per heavy atom. The van der Waals surface area contributed by atoms with Crippen LogP contribution in [0.5, 0.6) is 0 Å². The van der Waals surface area contributed by atoms with Crippen molar-refractivity contribution in [3.8, 4) is 0 Å². The van der Waals surface area contributed by atoms with Crippen molar-refractivity contribution in [1.29, 1.82) is 0 Å². The fourth-order valence-electron chi connectivity index (χ4n) is 2.88. The van der Waals surface area contributed by atoms with Crippen LogP contribution in [-0.4, -0.2) is 50.8 Å². The average Bonchev–Trinajstić information content (AvgIpc) is 2.53. The molecule has 0 bridgehead atoms. The number of aliphatic hydroxyl groups is 1. The van der Waals surface area contributed by atoms with Gasteiger partial charge in [0.15, 0.2) is 5.76 Å². The van der Waals surface area contributed by atoms with Gasteiger partial charge < -0.3 is 24.6 Å². The first-order chi connectivity index (χ1) is 11.0. The van der Waals surface area contributed by atoms with Crippen molar-refractivity contribution < 1.29 is 24.1 Å². The van der Waals surface area contributed by atoms with Crippen molar-refractivity contribution in [3.05, 3.63) is 11.8 Å². The molecule has 1 rings (SSSR count). The molecule has 0 unspecified atom stereocenters. The SMILES string of the molecule is CCO[C@@H]1OC(C(=O)NCCOC)=C[C@H](C(C)C)[C@H]1CCCO. The Kier molecular flexibility index (Phi) is 9.21. The van der Waals surface area contributed by atoms with Crippen LogP contribution in [0.1, 0.15) is 33.6 Å². The summed E-state index contributed by atoms with van der Waals surface area (Å²) in [5.41, 5.74) is 0. The van der Waals surface area contributed by atoms with Gasteiger partial charge in [0.1, 0.15) is 0 Å². The van der Waals surface area contributed by atoms with Gasteiger partial charge in [-0.2, -0.15) is 0 Å². The van der Waals surface area contributed by atoms with E-state index in [1.165, 1.54) is 0 Å². The van der Waals surface area contributed by atoms with E-state index in [2.05, 4.69) is 19.2 Å². The minimum absolute atomic E-state index is 0.137. The maximum absolute atomic E-state index is 12.3. The maximum atomic E-state index is 12.3. The van der Waals surface area contributed by atoms with Crippen LogP contribution in [0.15, 0.2) is 11.8 Å². The second-order valence-corrected chi connectivity index (χ2v) is 6.07. The summed E-state index contributed by atoms with van der Waals surface area (Å²) in [6, 6.07) is 0. The third-order valence-electron chi connectivity index (χ3n) is 4.04. The number of aliphatic hydroxyl groups excluding tert-OH is 1. The van der Waals surface area contributed by atoms with Crippen LogP contribution in [0, 0.1) is 17.8 Å². The van der Waals surface area contributed by atoms with Gasteiger partial charge in [0.25, 0.3) is 5.91 Å². The highest BCUT2D eigenvalue weighted by Gasteiger charge is 2.38. The molecule has 134 valence electrons. The lowest BCUT2D eigenvalue weighted by atomic mass is 9.78. The summed E-state index contributed by atoms with van der Waals surface area (Å²) in [7, 11) is 1.59. The Bertz CT molecular complexity index is 383. The van der Waals surface area contributed by atoms with Gasteiger partial charge in [0, 0.05) is 32.8 Å². The predicted octanol–water partition coefficient (Wildman–Crippen LogP) is 1.69. The van der Waals surface area contributed by atoms with E-state index in [0.29, 0.717) is 37.9 Å². The molecule has 23 heavy (non-hydrogen) atoms. The normalized spacial score (nSPS) is 24.3. The van der Waals surface area contributed by atoms with E-state index >= 15 is 0 Å². The molecule has 3 atom stereocenters. The van der Waals surface area contributed by atoms with Crippen molar-refractivity contribution >= 4 is 5.91 Å². The molecule has 0 aromatic heterocycles. The number of carbonyl (C=O) groups is 1. The Morgan fingerprint density at radius 3 is 2.78 bits per heavy atom. The van der Waals surface area contributed by atoms with E-state index in [0.717, 1.165) is 6.42 Å². The van der Waals surface area contributed by atoms with Crippen LogP contribution in [0.25, 0.3) is 0 Å². The Morgan fingerprint density at radius 2 is 2.22 bits per heavy atom. The third kappa shape index (κ3) is 6.12. The molecule has 6 nitrogen and oxygen atoms in total. The number of rotatable bonds is 10. The second-order valence-electron chi connectivity index (χ2n) is 6.07. The molecule has 1 aliphatic rings. The Labute approximate surface area is 139 Å². The van der Waals surface area contributed by atoms with Gasteiger partial charge in [-0.25, -0.2) is 0 Å². The molecule has 0 fully saturated rings. The molecular formula is C17H31NO5. The first kappa shape index (κ1) is 19.9. The molecule has 6 heteroatoms. The minimum atomic E-state index is -0.452. The molecule has 0 aromatic carbocycles. The molecule has 1 amide bonds. The first-order valence-electron chi connectivity index (χ1n) is 8.43. The van der Waals surface area contributed by atoms with Crippen LogP contribution in [0.4, 0.5) is 0 Å².